The minimum atomic E-state index is -0.229. The maximum Gasteiger partial charge on any atom is 0.258 e. The number of benzene rings is 4. The number of carbonyl (C=O) groups excluding carboxylic acids is 2. The van der Waals surface area contributed by atoms with E-state index in [1.807, 2.05) is 13.8 Å². The van der Waals surface area contributed by atoms with Crippen LogP contribution in [0.2, 0.25) is 0 Å². The molecular weight excluding hydrogens is 873 g/mol. The van der Waals surface area contributed by atoms with E-state index in [0.717, 1.165) is 76.2 Å². The maximum atomic E-state index is 13.5. The number of aromatic hydroxyl groups is 2. The summed E-state index contributed by atoms with van der Waals surface area (Å²) in [5, 5.41) is 23.8. The van der Waals surface area contributed by atoms with Gasteiger partial charge in [-0.05, 0) is 78.6 Å². The molecule has 4 aliphatic heterocycles. The number of phenolic OH excluding ortho intramolecular Hbond substituents is 2. The number of amides is 2. The van der Waals surface area contributed by atoms with E-state index < -0.39 is 0 Å². The van der Waals surface area contributed by atoms with Gasteiger partial charge in [-0.2, -0.15) is 4.58 Å². The van der Waals surface area contributed by atoms with Gasteiger partial charge in [-0.15, -0.1) is 0 Å². The van der Waals surface area contributed by atoms with Gasteiger partial charge in [0.1, 0.15) is 18.0 Å². The Bertz CT molecular complexity index is 2670. The molecule has 2 amide bonds. The van der Waals surface area contributed by atoms with Gasteiger partial charge >= 0.3 is 0 Å². The second-order valence-corrected chi connectivity index (χ2v) is 20.9. The standard InChI is InChI=1S/C59H74N6O5/c1-42(2)46-37-47(53(67)38-52(46)66)57(69)64-40-44-26-25-43(36-45(44)41-64)39-63-31-29-62(30-32-63)33-35-70-34-27-60-56(68)24-12-9-17-28-65-51-21-16-14-19-49(51)59(5,6)55(65)23-11-8-10-22-54-58(3,4)48-18-13-15-20-50(48)61(54)7/h8,10-11,13-16,18-23,25-26,36-38,42H,9,12,17,24,27-35,39-41H2,1-7H3,(H2-,60,66,67,68,69)/p+1. The van der Waals surface area contributed by atoms with Crippen molar-refractivity contribution in [3.8, 4) is 11.5 Å². The predicted octanol–water partition coefficient (Wildman–Crippen LogP) is 9.69. The highest BCUT2D eigenvalue weighted by Gasteiger charge is 2.44. The highest BCUT2D eigenvalue weighted by atomic mass is 16.5. The summed E-state index contributed by atoms with van der Waals surface area (Å²) in [7, 11) is 2.16. The van der Waals surface area contributed by atoms with Gasteiger partial charge < -0.3 is 30.1 Å². The average molecular weight is 948 g/mol. The average Bonchev–Trinajstić information content (AvgIpc) is 3.92. The molecule has 4 heterocycles. The number of allylic oxidation sites excluding steroid dienone is 6. The largest absolute Gasteiger partial charge is 0.508 e. The lowest BCUT2D eigenvalue weighted by Crippen LogP contribution is -2.46. The molecule has 0 aromatic heterocycles. The van der Waals surface area contributed by atoms with Crippen LogP contribution in [-0.2, 0) is 40.0 Å². The summed E-state index contributed by atoms with van der Waals surface area (Å²) in [5.41, 5.74) is 12.1. The number of unbranched alkanes of at least 4 members (excludes halogenated alkanes) is 2. The SMILES string of the molecule is CC(C)c1cc(C(=O)N2Cc3ccc(CN4CCN(CCOCCNC(=O)CCCCC[N+]5=C(/C=C/C=C/C=C6/N(C)c7ccccc7C6(C)C)C(C)(C)c6ccccc65)CC4)cc3C2)c(O)cc1O. The van der Waals surface area contributed by atoms with Crippen molar-refractivity contribution in [2.45, 2.75) is 104 Å². The van der Waals surface area contributed by atoms with Crippen molar-refractivity contribution < 1.29 is 29.1 Å². The van der Waals surface area contributed by atoms with Crippen LogP contribution in [0.1, 0.15) is 117 Å². The lowest BCUT2D eigenvalue weighted by Gasteiger charge is -2.34. The van der Waals surface area contributed by atoms with Gasteiger partial charge in [0.15, 0.2) is 5.71 Å². The van der Waals surface area contributed by atoms with Crippen molar-refractivity contribution in [2.24, 2.45) is 0 Å². The van der Waals surface area contributed by atoms with Crippen molar-refractivity contribution in [3.05, 3.63) is 154 Å². The van der Waals surface area contributed by atoms with Gasteiger partial charge in [0, 0.05) is 119 Å². The number of likely N-dealkylation sites (N-methyl/N-ethyl adjacent to an activating group) is 1. The molecule has 0 atom stereocenters. The number of nitrogens with one attached hydrogen (secondary N) is 1. The van der Waals surface area contributed by atoms with E-state index in [9.17, 15) is 19.8 Å². The molecule has 0 aliphatic carbocycles. The van der Waals surface area contributed by atoms with Crippen LogP contribution in [-0.4, -0.2) is 113 Å². The summed E-state index contributed by atoms with van der Waals surface area (Å²) >= 11 is 0. The Labute approximate surface area is 416 Å². The van der Waals surface area contributed by atoms with Crippen molar-refractivity contribution in [1.29, 1.82) is 0 Å². The fourth-order valence-corrected chi connectivity index (χ4v) is 10.9. The van der Waals surface area contributed by atoms with E-state index in [2.05, 4.69) is 156 Å². The molecule has 8 rings (SSSR count). The number of hydrogen-bond donors (Lipinski definition) is 3. The van der Waals surface area contributed by atoms with E-state index in [1.54, 1.807) is 11.0 Å². The molecule has 0 bridgehead atoms. The van der Waals surface area contributed by atoms with Crippen LogP contribution in [0.15, 0.2) is 115 Å². The Morgan fingerprint density at radius 1 is 0.786 bits per heavy atom. The summed E-state index contributed by atoms with van der Waals surface area (Å²) in [6.45, 7) is 22.3. The van der Waals surface area contributed by atoms with Gasteiger partial charge in [-0.25, -0.2) is 0 Å². The van der Waals surface area contributed by atoms with E-state index in [1.165, 1.54) is 45.5 Å². The molecule has 4 aromatic carbocycles. The number of nitrogens with zero attached hydrogens (tertiary/aromatic N) is 5. The summed E-state index contributed by atoms with van der Waals surface area (Å²) in [6, 6.07) is 26.8. The van der Waals surface area contributed by atoms with E-state index in [-0.39, 0.29) is 45.6 Å². The number of fused-ring (bicyclic) bond motifs is 3. The van der Waals surface area contributed by atoms with Gasteiger partial charge in [0.2, 0.25) is 11.6 Å². The zero-order chi connectivity index (χ0) is 49.6. The van der Waals surface area contributed by atoms with Crippen LogP contribution in [0.3, 0.4) is 0 Å². The lowest BCUT2D eigenvalue weighted by atomic mass is 9.81. The van der Waals surface area contributed by atoms with Gasteiger partial charge in [0.25, 0.3) is 5.91 Å². The fraction of sp³-hybridized carbons (Fsp3) is 0.441. The second-order valence-electron chi connectivity index (χ2n) is 20.9. The zero-order valence-corrected chi connectivity index (χ0v) is 42.6. The lowest BCUT2D eigenvalue weighted by molar-refractivity contribution is -0.438. The first-order chi connectivity index (χ1) is 33.6. The monoisotopic (exact) mass is 948 g/mol. The molecule has 0 radical (unpaired) electrons. The molecule has 3 N–H and O–H groups in total. The quantitative estimate of drug-likeness (QED) is 0.0485. The smallest absolute Gasteiger partial charge is 0.258 e. The van der Waals surface area contributed by atoms with Gasteiger partial charge in [-0.3, -0.25) is 19.4 Å². The van der Waals surface area contributed by atoms with E-state index >= 15 is 0 Å². The third-order valence-corrected chi connectivity index (χ3v) is 15.0. The van der Waals surface area contributed by atoms with Crippen LogP contribution >= 0.6 is 0 Å². The minimum absolute atomic E-state index is 0.00716. The number of rotatable bonds is 19. The number of piperazine rings is 1. The molecule has 0 spiro atoms. The molecular formula is C59H75N6O5+. The Balaban J connectivity index is 0.703. The normalized spacial score (nSPS) is 18.2. The highest BCUT2D eigenvalue weighted by Crippen LogP contribution is 2.47. The van der Waals surface area contributed by atoms with E-state index in [0.29, 0.717) is 44.8 Å². The molecule has 4 aliphatic rings. The van der Waals surface area contributed by atoms with Crippen LogP contribution in [0.5, 0.6) is 11.5 Å². The number of anilines is 1. The van der Waals surface area contributed by atoms with Crippen LogP contribution < -0.4 is 10.2 Å². The van der Waals surface area contributed by atoms with Crippen molar-refractivity contribution in [3.63, 3.8) is 0 Å². The number of carbonyl (C=O) groups is 2. The molecule has 0 saturated carbocycles. The number of ether oxygens (including phenoxy) is 1. The molecule has 11 nitrogen and oxygen atoms in total. The summed E-state index contributed by atoms with van der Waals surface area (Å²) in [6.07, 6.45) is 14.4. The Hall–Kier alpha value is -6.01. The zero-order valence-electron chi connectivity index (χ0n) is 42.6. The topological polar surface area (TPSA) is 112 Å². The number of phenols is 2. The molecule has 4 aromatic rings. The van der Waals surface area contributed by atoms with Crippen LogP contribution in [0.25, 0.3) is 0 Å². The first-order valence-corrected chi connectivity index (χ1v) is 25.5. The molecule has 1 fully saturated rings. The molecule has 11 heteroatoms. The van der Waals surface area contributed by atoms with Crippen molar-refractivity contribution in [2.75, 3.05) is 71.0 Å². The van der Waals surface area contributed by atoms with Crippen LogP contribution in [0.4, 0.5) is 11.4 Å². The minimum Gasteiger partial charge on any atom is -0.508 e. The van der Waals surface area contributed by atoms with Gasteiger partial charge in [0.05, 0.1) is 24.2 Å². The molecule has 0 unspecified atom stereocenters. The third kappa shape index (κ3) is 11.1. The molecule has 70 heavy (non-hydrogen) atoms. The Morgan fingerprint density at radius 2 is 1.51 bits per heavy atom. The fourth-order valence-electron chi connectivity index (χ4n) is 10.9. The highest BCUT2D eigenvalue weighted by molar-refractivity contribution is 6.03. The number of para-hydroxylation sites is 2. The van der Waals surface area contributed by atoms with Crippen molar-refractivity contribution in [1.82, 2.24) is 20.0 Å². The Kier molecular flexibility index (Phi) is 15.8. The van der Waals surface area contributed by atoms with E-state index in [4.69, 9.17) is 4.74 Å². The second kappa shape index (κ2) is 22.0. The summed E-state index contributed by atoms with van der Waals surface area (Å²) in [4.78, 5) is 35.2. The number of hydrogen-bond acceptors (Lipinski definition) is 8. The summed E-state index contributed by atoms with van der Waals surface area (Å²) in [5.74, 6) is -0.304. The molecule has 370 valence electrons. The Morgan fingerprint density at radius 3 is 2.29 bits per heavy atom. The first kappa shape index (κ1) is 50.4. The summed E-state index contributed by atoms with van der Waals surface area (Å²) < 4.78 is 8.41. The third-order valence-electron chi connectivity index (χ3n) is 15.0. The van der Waals surface area contributed by atoms with Crippen LogP contribution in [0, 0.1) is 0 Å². The van der Waals surface area contributed by atoms with Crippen molar-refractivity contribution >= 4 is 28.9 Å². The first-order valence-electron chi connectivity index (χ1n) is 25.5. The molecule has 1 saturated heterocycles. The predicted molar refractivity (Wildman–Crippen MR) is 281 cm³/mol. The van der Waals surface area contributed by atoms with Gasteiger partial charge in [-0.1, -0.05) is 101 Å². The maximum absolute atomic E-state index is 13.5.